The number of nitrogens with one attached hydrogen (secondary N) is 2. The summed E-state index contributed by atoms with van der Waals surface area (Å²) in [6.45, 7) is 2.54. The Morgan fingerprint density at radius 1 is 0.966 bits per heavy atom. The van der Waals surface area contributed by atoms with Crippen LogP contribution < -0.4 is 15.5 Å². The van der Waals surface area contributed by atoms with Crippen LogP contribution in [0.5, 0.6) is 0 Å². The SMILES string of the molecule is O=[N+]([O-])c1ccc(Nc2nc(Nc3ccccc3)nc(N3CCOCC3)n2)nc1. The van der Waals surface area contributed by atoms with Crippen LogP contribution in [-0.4, -0.2) is 51.2 Å². The Morgan fingerprint density at radius 3 is 2.34 bits per heavy atom. The van der Waals surface area contributed by atoms with E-state index in [4.69, 9.17) is 4.74 Å². The first-order valence-electron chi connectivity index (χ1n) is 8.96. The number of hydrogen-bond donors (Lipinski definition) is 2. The second-order valence-corrected chi connectivity index (χ2v) is 6.16. The van der Waals surface area contributed by atoms with Crippen molar-refractivity contribution in [3.63, 3.8) is 0 Å². The molecule has 148 valence electrons. The van der Waals surface area contributed by atoms with Gasteiger partial charge in [-0.05, 0) is 18.2 Å². The second-order valence-electron chi connectivity index (χ2n) is 6.16. The fraction of sp³-hybridized carbons (Fsp3) is 0.222. The van der Waals surface area contributed by atoms with Crippen molar-refractivity contribution in [2.24, 2.45) is 0 Å². The molecule has 2 aromatic heterocycles. The maximum Gasteiger partial charge on any atom is 0.287 e. The van der Waals surface area contributed by atoms with E-state index < -0.39 is 4.92 Å². The summed E-state index contributed by atoms with van der Waals surface area (Å²) in [5, 5.41) is 16.9. The van der Waals surface area contributed by atoms with Crippen molar-refractivity contribution in [2.45, 2.75) is 0 Å². The van der Waals surface area contributed by atoms with E-state index in [0.717, 1.165) is 5.69 Å². The molecule has 0 saturated carbocycles. The average molecular weight is 394 g/mol. The van der Waals surface area contributed by atoms with Gasteiger partial charge in [-0.3, -0.25) is 10.1 Å². The summed E-state index contributed by atoms with van der Waals surface area (Å²) in [6.07, 6.45) is 1.18. The van der Waals surface area contributed by atoms with Crippen LogP contribution in [0.2, 0.25) is 0 Å². The zero-order chi connectivity index (χ0) is 20.1. The highest BCUT2D eigenvalue weighted by Crippen LogP contribution is 2.21. The molecule has 1 aliphatic rings. The van der Waals surface area contributed by atoms with Gasteiger partial charge >= 0.3 is 0 Å². The third-order valence-electron chi connectivity index (χ3n) is 4.15. The third-order valence-corrected chi connectivity index (χ3v) is 4.15. The van der Waals surface area contributed by atoms with Crippen LogP contribution >= 0.6 is 0 Å². The Hall–Kier alpha value is -3.86. The van der Waals surface area contributed by atoms with E-state index in [9.17, 15) is 10.1 Å². The molecule has 2 N–H and O–H groups in total. The molecule has 0 radical (unpaired) electrons. The van der Waals surface area contributed by atoms with Gasteiger partial charge in [-0.25, -0.2) is 4.98 Å². The first kappa shape index (κ1) is 18.5. The minimum atomic E-state index is -0.502. The molecule has 0 unspecified atom stereocenters. The number of morpholine rings is 1. The summed E-state index contributed by atoms with van der Waals surface area (Å²) >= 11 is 0. The van der Waals surface area contributed by atoms with Gasteiger partial charge in [0, 0.05) is 24.8 Å². The van der Waals surface area contributed by atoms with Gasteiger partial charge in [0.25, 0.3) is 5.69 Å². The van der Waals surface area contributed by atoms with Gasteiger partial charge in [0.15, 0.2) is 0 Å². The van der Waals surface area contributed by atoms with Gasteiger partial charge in [-0.15, -0.1) is 0 Å². The molecule has 1 aromatic carbocycles. The Morgan fingerprint density at radius 2 is 1.69 bits per heavy atom. The molecule has 11 heteroatoms. The van der Waals surface area contributed by atoms with Crippen LogP contribution in [0.4, 0.5) is 35.0 Å². The molecule has 0 spiro atoms. The topological polar surface area (TPSA) is 131 Å². The normalized spacial score (nSPS) is 13.7. The molecule has 0 amide bonds. The van der Waals surface area contributed by atoms with Crippen LogP contribution in [0.15, 0.2) is 48.7 Å². The summed E-state index contributed by atoms with van der Waals surface area (Å²) in [7, 11) is 0. The van der Waals surface area contributed by atoms with Crippen molar-refractivity contribution < 1.29 is 9.66 Å². The molecule has 3 aromatic rings. The predicted molar refractivity (Wildman–Crippen MR) is 107 cm³/mol. The minimum Gasteiger partial charge on any atom is -0.378 e. The highest BCUT2D eigenvalue weighted by atomic mass is 16.6. The minimum absolute atomic E-state index is 0.0911. The van der Waals surface area contributed by atoms with E-state index in [1.807, 2.05) is 35.2 Å². The van der Waals surface area contributed by atoms with Crippen molar-refractivity contribution in [1.82, 2.24) is 19.9 Å². The summed E-state index contributed by atoms with van der Waals surface area (Å²) in [4.78, 5) is 29.7. The zero-order valence-electron chi connectivity index (χ0n) is 15.4. The van der Waals surface area contributed by atoms with Crippen molar-refractivity contribution in [3.8, 4) is 0 Å². The van der Waals surface area contributed by atoms with E-state index in [0.29, 0.717) is 44.0 Å². The van der Waals surface area contributed by atoms with Crippen molar-refractivity contribution in [3.05, 3.63) is 58.8 Å². The number of benzene rings is 1. The zero-order valence-corrected chi connectivity index (χ0v) is 15.4. The number of para-hydroxylation sites is 1. The highest BCUT2D eigenvalue weighted by molar-refractivity contribution is 5.58. The number of nitro groups is 1. The van der Waals surface area contributed by atoms with Gasteiger partial charge in [0.1, 0.15) is 12.0 Å². The number of nitrogens with zero attached hydrogens (tertiary/aromatic N) is 6. The van der Waals surface area contributed by atoms with Crippen LogP contribution in [0.1, 0.15) is 0 Å². The summed E-state index contributed by atoms with van der Waals surface area (Å²) in [6, 6.07) is 12.4. The van der Waals surface area contributed by atoms with Gasteiger partial charge in [-0.2, -0.15) is 15.0 Å². The van der Waals surface area contributed by atoms with Crippen molar-refractivity contribution in [2.75, 3.05) is 41.8 Å². The number of ether oxygens (including phenoxy) is 1. The monoisotopic (exact) mass is 394 g/mol. The fourth-order valence-corrected chi connectivity index (χ4v) is 2.71. The van der Waals surface area contributed by atoms with Crippen LogP contribution in [-0.2, 0) is 4.74 Å². The number of pyridine rings is 1. The molecule has 3 heterocycles. The summed E-state index contributed by atoms with van der Waals surface area (Å²) < 4.78 is 5.39. The lowest BCUT2D eigenvalue weighted by atomic mass is 10.3. The fourth-order valence-electron chi connectivity index (χ4n) is 2.71. The Kier molecular flexibility index (Phi) is 5.38. The lowest BCUT2D eigenvalue weighted by Gasteiger charge is -2.27. The Balaban J connectivity index is 1.62. The average Bonchev–Trinajstić information content (AvgIpc) is 2.75. The van der Waals surface area contributed by atoms with Crippen LogP contribution in [0.3, 0.4) is 0 Å². The predicted octanol–water partition coefficient (Wildman–Crippen LogP) is 2.50. The van der Waals surface area contributed by atoms with Crippen molar-refractivity contribution >= 4 is 35.0 Å². The van der Waals surface area contributed by atoms with Gasteiger partial charge < -0.3 is 20.3 Å². The lowest BCUT2D eigenvalue weighted by molar-refractivity contribution is -0.385. The maximum absolute atomic E-state index is 10.8. The van der Waals surface area contributed by atoms with Gasteiger partial charge in [0.05, 0.1) is 18.1 Å². The van der Waals surface area contributed by atoms with Crippen molar-refractivity contribution in [1.29, 1.82) is 0 Å². The van der Waals surface area contributed by atoms with E-state index in [2.05, 4.69) is 30.6 Å². The standard InChI is InChI=1S/C18H18N8O3/c27-26(28)14-6-7-15(19-12-14)21-17-22-16(20-13-4-2-1-3-5-13)23-18(24-17)25-8-10-29-11-9-25/h1-7,12H,8-11H2,(H2,19,20,21,22,23,24). The molecule has 11 nitrogen and oxygen atoms in total. The first-order chi connectivity index (χ1) is 14.2. The number of anilines is 5. The van der Waals surface area contributed by atoms with Gasteiger partial charge in [-0.1, -0.05) is 18.2 Å². The largest absolute Gasteiger partial charge is 0.378 e. The molecule has 1 saturated heterocycles. The van der Waals surface area contributed by atoms with E-state index in [1.165, 1.54) is 18.3 Å². The molecular weight excluding hydrogens is 376 g/mol. The molecule has 29 heavy (non-hydrogen) atoms. The highest BCUT2D eigenvalue weighted by Gasteiger charge is 2.17. The molecule has 1 fully saturated rings. The molecule has 0 aliphatic carbocycles. The quantitative estimate of drug-likeness (QED) is 0.475. The van der Waals surface area contributed by atoms with Crippen LogP contribution in [0, 0.1) is 10.1 Å². The number of rotatable bonds is 6. The van der Waals surface area contributed by atoms with Gasteiger partial charge in [0.2, 0.25) is 17.8 Å². The molecule has 0 atom stereocenters. The molecule has 1 aliphatic heterocycles. The lowest BCUT2D eigenvalue weighted by Crippen LogP contribution is -2.37. The van der Waals surface area contributed by atoms with E-state index >= 15 is 0 Å². The smallest absolute Gasteiger partial charge is 0.287 e. The Labute approximate surface area is 166 Å². The number of aromatic nitrogens is 4. The van der Waals surface area contributed by atoms with E-state index in [1.54, 1.807) is 0 Å². The molecule has 4 rings (SSSR count). The number of hydrogen-bond acceptors (Lipinski definition) is 10. The van der Waals surface area contributed by atoms with E-state index in [-0.39, 0.29) is 11.6 Å². The first-order valence-corrected chi connectivity index (χ1v) is 8.96. The second kappa shape index (κ2) is 8.44. The third kappa shape index (κ3) is 4.71. The maximum atomic E-state index is 10.8. The Bertz CT molecular complexity index is 978. The summed E-state index contributed by atoms with van der Waals surface area (Å²) in [5.74, 6) is 1.55. The van der Waals surface area contributed by atoms with Crippen LogP contribution in [0.25, 0.3) is 0 Å². The molecule has 0 bridgehead atoms. The summed E-state index contributed by atoms with van der Waals surface area (Å²) in [5.41, 5.74) is 0.748. The molecular formula is C18H18N8O3.